The highest BCUT2D eigenvalue weighted by molar-refractivity contribution is 7.99. The van der Waals surface area contributed by atoms with Crippen molar-refractivity contribution in [1.82, 2.24) is 10.6 Å². The molecule has 0 aliphatic carbocycles. The third kappa shape index (κ3) is 6.74. The molecule has 0 rings (SSSR count). The summed E-state index contributed by atoms with van der Waals surface area (Å²) in [7, 11) is 0. The fourth-order valence-electron chi connectivity index (χ4n) is 1.43. The van der Waals surface area contributed by atoms with Crippen molar-refractivity contribution in [3.63, 3.8) is 0 Å². The Kier molecular flexibility index (Phi) is 8.62. The molecular formula is C12H24N2O3S. The third-order valence-electron chi connectivity index (χ3n) is 2.72. The van der Waals surface area contributed by atoms with Gasteiger partial charge in [0, 0.05) is 11.8 Å². The molecule has 0 radical (unpaired) electrons. The molecule has 18 heavy (non-hydrogen) atoms. The minimum Gasteiger partial charge on any atom is -0.480 e. The highest BCUT2D eigenvalue weighted by atomic mass is 32.2. The van der Waals surface area contributed by atoms with Crippen LogP contribution in [0.15, 0.2) is 0 Å². The van der Waals surface area contributed by atoms with Crippen molar-refractivity contribution < 1.29 is 14.7 Å². The van der Waals surface area contributed by atoms with E-state index in [0.717, 1.165) is 11.5 Å². The number of thioether (sulfide) groups is 1. The first kappa shape index (κ1) is 17.1. The smallest absolute Gasteiger partial charge is 0.326 e. The zero-order valence-electron chi connectivity index (χ0n) is 11.5. The van der Waals surface area contributed by atoms with Crippen LogP contribution in [-0.2, 0) is 4.79 Å². The van der Waals surface area contributed by atoms with Crippen LogP contribution in [0.1, 0.15) is 34.1 Å². The molecule has 6 heteroatoms. The Morgan fingerprint density at radius 1 is 1.22 bits per heavy atom. The number of nitrogens with one attached hydrogen (secondary N) is 2. The summed E-state index contributed by atoms with van der Waals surface area (Å²) in [6, 6.07) is -1.21. The lowest BCUT2D eigenvalue weighted by atomic mass is 9.99. The van der Waals surface area contributed by atoms with Crippen LogP contribution in [0.2, 0.25) is 0 Å². The van der Waals surface area contributed by atoms with Crippen molar-refractivity contribution in [2.75, 3.05) is 11.5 Å². The number of hydrogen-bond acceptors (Lipinski definition) is 3. The highest BCUT2D eigenvalue weighted by Gasteiger charge is 2.25. The summed E-state index contributed by atoms with van der Waals surface area (Å²) in [5.41, 5.74) is 0. The number of carbonyl (C=O) groups is 2. The van der Waals surface area contributed by atoms with E-state index in [1.165, 1.54) is 0 Å². The summed E-state index contributed by atoms with van der Waals surface area (Å²) < 4.78 is 0. The fraction of sp³-hybridized carbons (Fsp3) is 0.833. The lowest BCUT2D eigenvalue weighted by Crippen LogP contribution is -2.51. The van der Waals surface area contributed by atoms with Crippen LogP contribution in [0, 0.1) is 5.92 Å². The summed E-state index contributed by atoms with van der Waals surface area (Å²) in [5.74, 6) is 0.743. The van der Waals surface area contributed by atoms with E-state index in [2.05, 4.69) is 17.6 Å². The Bertz CT molecular complexity index is 274. The molecule has 3 N–H and O–H groups in total. The maximum Gasteiger partial charge on any atom is 0.326 e. The maximum absolute atomic E-state index is 11.7. The van der Waals surface area contributed by atoms with Gasteiger partial charge in [-0.25, -0.2) is 9.59 Å². The largest absolute Gasteiger partial charge is 0.480 e. The first-order valence-electron chi connectivity index (χ1n) is 6.29. The predicted molar refractivity (Wildman–Crippen MR) is 75.0 cm³/mol. The number of amides is 2. The molecule has 5 nitrogen and oxygen atoms in total. The molecule has 0 spiro atoms. The quantitative estimate of drug-likeness (QED) is 0.633. The Balaban J connectivity index is 4.21. The molecule has 2 amide bonds. The summed E-state index contributed by atoms with van der Waals surface area (Å²) in [5, 5.41) is 14.3. The Hall–Kier alpha value is -0.910. The van der Waals surface area contributed by atoms with Crippen LogP contribution in [-0.4, -0.2) is 40.7 Å². The lowest BCUT2D eigenvalue weighted by molar-refractivity contribution is -0.140. The SMILES string of the molecule is CCSCC(C)NC(=O)N[C@H](C(=O)O)[C@@H](C)CC. The minimum absolute atomic E-state index is 0.0290. The second-order valence-electron chi connectivity index (χ2n) is 4.38. The fourth-order valence-corrected chi connectivity index (χ4v) is 2.10. The van der Waals surface area contributed by atoms with Crippen LogP contribution in [0.25, 0.3) is 0 Å². The molecule has 0 fully saturated rings. The topological polar surface area (TPSA) is 78.4 Å². The normalized spacial score (nSPS) is 15.6. The van der Waals surface area contributed by atoms with Gasteiger partial charge in [-0.2, -0.15) is 11.8 Å². The molecular weight excluding hydrogens is 252 g/mol. The van der Waals surface area contributed by atoms with Crippen LogP contribution in [0.5, 0.6) is 0 Å². The van der Waals surface area contributed by atoms with E-state index in [-0.39, 0.29) is 12.0 Å². The molecule has 0 aliphatic rings. The van der Waals surface area contributed by atoms with Crippen molar-refractivity contribution >= 4 is 23.8 Å². The Labute approximate surface area is 113 Å². The van der Waals surface area contributed by atoms with Crippen molar-refractivity contribution in [2.24, 2.45) is 5.92 Å². The molecule has 3 atom stereocenters. The number of aliphatic carboxylic acids is 1. The average molecular weight is 276 g/mol. The first-order chi connectivity index (χ1) is 8.42. The van der Waals surface area contributed by atoms with Crippen LogP contribution >= 0.6 is 11.8 Å². The molecule has 0 aromatic heterocycles. The monoisotopic (exact) mass is 276 g/mol. The zero-order chi connectivity index (χ0) is 14.1. The third-order valence-corrected chi connectivity index (χ3v) is 3.86. The van der Waals surface area contributed by atoms with Gasteiger partial charge in [0.25, 0.3) is 0 Å². The van der Waals surface area contributed by atoms with Gasteiger partial charge in [-0.1, -0.05) is 27.2 Å². The van der Waals surface area contributed by atoms with E-state index >= 15 is 0 Å². The molecule has 106 valence electrons. The molecule has 0 aromatic rings. The van der Waals surface area contributed by atoms with Crippen LogP contribution in [0.4, 0.5) is 4.79 Å². The van der Waals surface area contributed by atoms with Crippen LogP contribution < -0.4 is 10.6 Å². The summed E-state index contributed by atoms with van der Waals surface area (Å²) in [4.78, 5) is 22.7. The van der Waals surface area contributed by atoms with Crippen molar-refractivity contribution in [1.29, 1.82) is 0 Å². The Morgan fingerprint density at radius 2 is 1.83 bits per heavy atom. The van der Waals surface area contributed by atoms with Gasteiger partial charge in [0.2, 0.25) is 0 Å². The maximum atomic E-state index is 11.7. The zero-order valence-corrected chi connectivity index (χ0v) is 12.3. The molecule has 0 bridgehead atoms. The second-order valence-corrected chi connectivity index (χ2v) is 5.70. The van der Waals surface area contributed by atoms with E-state index in [4.69, 9.17) is 5.11 Å². The second kappa shape index (κ2) is 9.08. The standard InChI is InChI=1S/C12H24N2O3S/c1-5-8(3)10(11(15)16)14-12(17)13-9(4)7-18-6-2/h8-10H,5-7H2,1-4H3,(H,15,16)(H2,13,14,17)/t8-,9?,10-/m0/s1. The Morgan fingerprint density at radius 3 is 2.28 bits per heavy atom. The van der Waals surface area contributed by atoms with Crippen molar-refractivity contribution in [3.8, 4) is 0 Å². The van der Waals surface area contributed by atoms with Gasteiger partial charge >= 0.3 is 12.0 Å². The summed E-state index contributed by atoms with van der Waals surface area (Å²) in [6.45, 7) is 7.68. The van der Waals surface area contributed by atoms with E-state index in [9.17, 15) is 9.59 Å². The van der Waals surface area contributed by atoms with E-state index < -0.39 is 18.0 Å². The van der Waals surface area contributed by atoms with Gasteiger partial charge in [0.15, 0.2) is 0 Å². The average Bonchev–Trinajstić information content (AvgIpc) is 2.32. The molecule has 0 saturated carbocycles. The number of urea groups is 1. The summed E-state index contributed by atoms with van der Waals surface area (Å²) in [6.07, 6.45) is 0.707. The molecule has 0 aliphatic heterocycles. The highest BCUT2D eigenvalue weighted by Crippen LogP contribution is 2.08. The first-order valence-corrected chi connectivity index (χ1v) is 7.45. The van der Waals surface area contributed by atoms with E-state index in [0.29, 0.717) is 6.42 Å². The van der Waals surface area contributed by atoms with Gasteiger partial charge in [0.1, 0.15) is 6.04 Å². The molecule has 0 heterocycles. The minimum atomic E-state index is -0.991. The summed E-state index contributed by atoms with van der Waals surface area (Å²) >= 11 is 1.74. The lowest BCUT2D eigenvalue weighted by Gasteiger charge is -2.22. The van der Waals surface area contributed by atoms with Crippen molar-refractivity contribution in [3.05, 3.63) is 0 Å². The van der Waals surface area contributed by atoms with E-state index in [1.807, 2.05) is 20.8 Å². The molecule has 0 saturated heterocycles. The number of carboxylic acids is 1. The van der Waals surface area contributed by atoms with E-state index in [1.54, 1.807) is 11.8 Å². The van der Waals surface area contributed by atoms with Crippen LogP contribution in [0.3, 0.4) is 0 Å². The van der Waals surface area contributed by atoms with Gasteiger partial charge in [-0.05, 0) is 18.6 Å². The molecule has 1 unspecified atom stereocenters. The number of carbonyl (C=O) groups excluding carboxylic acids is 1. The predicted octanol–water partition coefficient (Wildman–Crippen LogP) is 1.93. The number of carboxylic acid groups (broad SMARTS) is 1. The molecule has 0 aromatic carbocycles. The number of rotatable bonds is 8. The van der Waals surface area contributed by atoms with Gasteiger partial charge in [-0.3, -0.25) is 0 Å². The van der Waals surface area contributed by atoms with Gasteiger partial charge in [-0.15, -0.1) is 0 Å². The van der Waals surface area contributed by atoms with Gasteiger partial charge < -0.3 is 15.7 Å². The van der Waals surface area contributed by atoms with Gasteiger partial charge in [0.05, 0.1) is 0 Å². The van der Waals surface area contributed by atoms with Crippen molar-refractivity contribution in [2.45, 2.75) is 46.2 Å². The number of hydrogen-bond donors (Lipinski definition) is 3.